The van der Waals surface area contributed by atoms with E-state index in [1.54, 1.807) is 0 Å². The Labute approximate surface area is 96.6 Å². The van der Waals surface area contributed by atoms with Gasteiger partial charge in [0.25, 0.3) is 0 Å². The minimum atomic E-state index is -4.31. The van der Waals surface area contributed by atoms with E-state index in [4.69, 9.17) is 0 Å². The van der Waals surface area contributed by atoms with E-state index in [0.717, 1.165) is 38.4 Å². The van der Waals surface area contributed by atoms with Gasteiger partial charge in [-0.1, -0.05) is 0 Å². The molecule has 2 aliphatic rings. The molecule has 0 bridgehead atoms. The van der Waals surface area contributed by atoms with Gasteiger partial charge < -0.3 is 10.2 Å². The number of halogens is 3. The second-order valence-corrected chi connectivity index (χ2v) is 4.86. The fourth-order valence-electron chi connectivity index (χ4n) is 2.37. The Hall–Kier alpha value is -1.30. The molecule has 3 heterocycles. The lowest BCUT2D eigenvalue weighted by Crippen LogP contribution is -2.71. The summed E-state index contributed by atoms with van der Waals surface area (Å²) in [4.78, 5) is 5.89. The molecule has 1 N–H and O–H groups in total. The topological polar surface area (TPSA) is 28.2 Å². The van der Waals surface area contributed by atoms with Crippen LogP contribution in [0.4, 0.5) is 19.0 Å². The van der Waals surface area contributed by atoms with Crippen LogP contribution in [0.3, 0.4) is 0 Å². The maximum atomic E-state index is 12.3. The van der Waals surface area contributed by atoms with Gasteiger partial charge in [0.05, 0.1) is 5.56 Å². The summed E-state index contributed by atoms with van der Waals surface area (Å²) < 4.78 is 37.0. The second kappa shape index (κ2) is 3.35. The number of rotatable bonds is 1. The maximum absolute atomic E-state index is 12.3. The third-order valence-electron chi connectivity index (χ3n) is 3.45. The third-order valence-corrected chi connectivity index (χ3v) is 3.45. The van der Waals surface area contributed by atoms with Crippen molar-refractivity contribution in [2.45, 2.75) is 6.18 Å². The highest BCUT2D eigenvalue weighted by Gasteiger charge is 2.48. The van der Waals surface area contributed by atoms with Crippen LogP contribution in [0.2, 0.25) is 0 Å². The van der Waals surface area contributed by atoms with Crippen LogP contribution in [0.5, 0.6) is 0 Å². The van der Waals surface area contributed by atoms with Crippen LogP contribution >= 0.6 is 0 Å². The molecule has 2 fully saturated rings. The maximum Gasteiger partial charge on any atom is 0.417 e. The van der Waals surface area contributed by atoms with Crippen LogP contribution in [-0.4, -0.2) is 31.2 Å². The normalized spacial score (nSPS) is 22.2. The molecule has 1 aromatic rings. The lowest BCUT2D eigenvalue weighted by molar-refractivity contribution is -0.137. The number of alkyl halides is 3. The predicted molar refractivity (Wildman–Crippen MR) is 56.8 cm³/mol. The fraction of sp³-hybridized carbons (Fsp3) is 0.545. The molecule has 2 saturated heterocycles. The number of hydrogen-bond donors (Lipinski definition) is 1. The zero-order valence-corrected chi connectivity index (χ0v) is 9.09. The van der Waals surface area contributed by atoms with Crippen molar-refractivity contribution in [3.05, 3.63) is 23.9 Å². The quantitative estimate of drug-likeness (QED) is 0.810. The van der Waals surface area contributed by atoms with Gasteiger partial charge in [-0.05, 0) is 12.1 Å². The average molecular weight is 243 g/mol. The minimum Gasteiger partial charge on any atom is -0.355 e. The van der Waals surface area contributed by atoms with E-state index in [0.29, 0.717) is 11.2 Å². The predicted octanol–water partition coefficient (Wildman–Crippen LogP) is 1.51. The number of anilines is 1. The molecule has 0 amide bonds. The molecule has 3 nitrogen and oxygen atoms in total. The van der Waals surface area contributed by atoms with Crippen molar-refractivity contribution in [1.29, 1.82) is 0 Å². The van der Waals surface area contributed by atoms with Gasteiger partial charge in [-0.3, -0.25) is 0 Å². The van der Waals surface area contributed by atoms with Gasteiger partial charge in [-0.25, -0.2) is 4.98 Å². The van der Waals surface area contributed by atoms with E-state index in [1.807, 2.05) is 4.90 Å². The first-order valence-electron chi connectivity index (χ1n) is 5.48. The molecule has 0 saturated carbocycles. The van der Waals surface area contributed by atoms with E-state index in [9.17, 15) is 13.2 Å². The van der Waals surface area contributed by atoms with Crippen LogP contribution in [0.15, 0.2) is 18.3 Å². The summed E-state index contributed by atoms with van der Waals surface area (Å²) in [5.74, 6) is 0.635. The number of aromatic nitrogens is 1. The summed E-state index contributed by atoms with van der Waals surface area (Å²) in [6.45, 7) is 3.78. The van der Waals surface area contributed by atoms with Crippen molar-refractivity contribution in [1.82, 2.24) is 10.3 Å². The van der Waals surface area contributed by atoms with Crippen LogP contribution in [0, 0.1) is 5.41 Å². The largest absolute Gasteiger partial charge is 0.417 e. The van der Waals surface area contributed by atoms with E-state index in [-0.39, 0.29) is 0 Å². The van der Waals surface area contributed by atoms with Crippen LogP contribution in [0.25, 0.3) is 0 Å². The van der Waals surface area contributed by atoms with Gasteiger partial charge in [-0.2, -0.15) is 13.2 Å². The van der Waals surface area contributed by atoms with Crippen LogP contribution < -0.4 is 10.2 Å². The number of pyridine rings is 1. The first-order valence-corrected chi connectivity index (χ1v) is 5.48. The molecule has 3 rings (SSSR count). The summed E-state index contributed by atoms with van der Waals surface area (Å²) in [7, 11) is 0. The molecule has 0 radical (unpaired) electrons. The Bertz CT molecular complexity index is 415. The lowest BCUT2D eigenvalue weighted by Gasteiger charge is -2.56. The summed E-state index contributed by atoms with van der Waals surface area (Å²) in [5.41, 5.74) is -0.341. The van der Waals surface area contributed by atoms with Crippen molar-refractivity contribution in [2.75, 3.05) is 31.1 Å². The molecule has 1 spiro atoms. The van der Waals surface area contributed by atoms with E-state index in [2.05, 4.69) is 10.3 Å². The van der Waals surface area contributed by atoms with Crippen molar-refractivity contribution in [3.8, 4) is 0 Å². The molecule has 0 aromatic carbocycles. The molecule has 0 unspecified atom stereocenters. The summed E-state index contributed by atoms with van der Waals surface area (Å²) >= 11 is 0. The monoisotopic (exact) mass is 243 g/mol. The van der Waals surface area contributed by atoms with E-state index < -0.39 is 11.7 Å². The zero-order valence-electron chi connectivity index (χ0n) is 9.09. The Morgan fingerprint density at radius 3 is 2.35 bits per heavy atom. The van der Waals surface area contributed by atoms with E-state index in [1.165, 1.54) is 6.07 Å². The minimum absolute atomic E-state index is 0.352. The van der Waals surface area contributed by atoms with Gasteiger partial charge >= 0.3 is 6.18 Å². The Balaban J connectivity index is 1.69. The van der Waals surface area contributed by atoms with Crippen molar-refractivity contribution >= 4 is 5.82 Å². The Morgan fingerprint density at radius 1 is 1.24 bits per heavy atom. The summed E-state index contributed by atoms with van der Waals surface area (Å²) in [5, 5.41) is 3.21. The fourth-order valence-corrected chi connectivity index (χ4v) is 2.37. The Morgan fingerprint density at radius 2 is 1.94 bits per heavy atom. The van der Waals surface area contributed by atoms with Gasteiger partial charge in [0.2, 0.25) is 0 Å². The van der Waals surface area contributed by atoms with Gasteiger partial charge in [0.15, 0.2) is 0 Å². The first-order chi connectivity index (χ1) is 7.99. The molecule has 0 atom stereocenters. The molecule has 0 aliphatic carbocycles. The third kappa shape index (κ3) is 1.76. The van der Waals surface area contributed by atoms with Crippen LogP contribution in [-0.2, 0) is 6.18 Å². The number of nitrogens with zero attached hydrogens (tertiary/aromatic N) is 2. The number of nitrogens with one attached hydrogen (secondary N) is 1. The van der Waals surface area contributed by atoms with Gasteiger partial charge in [-0.15, -0.1) is 0 Å². The highest BCUT2D eigenvalue weighted by Crippen LogP contribution is 2.37. The highest BCUT2D eigenvalue weighted by atomic mass is 19.4. The molecular weight excluding hydrogens is 231 g/mol. The molecule has 17 heavy (non-hydrogen) atoms. The number of hydrogen-bond acceptors (Lipinski definition) is 3. The van der Waals surface area contributed by atoms with Crippen LogP contribution in [0.1, 0.15) is 5.56 Å². The van der Waals surface area contributed by atoms with Crippen molar-refractivity contribution < 1.29 is 13.2 Å². The molecule has 6 heteroatoms. The summed E-state index contributed by atoms with van der Waals surface area (Å²) in [6, 6.07) is 2.54. The standard InChI is InChI=1S/C11H12F3N3/c12-11(13,14)8-1-2-9(16-3-8)17-6-10(7-17)4-15-5-10/h1-3,15H,4-7H2. The Kier molecular flexibility index (Phi) is 2.13. The zero-order chi connectivity index (χ0) is 12.1. The second-order valence-electron chi connectivity index (χ2n) is 4.86. The summed E-state index contributed by atoms with van der Waals surface area (Å²) in [6.07, 6.45) is -3.40. The SMILES string of the molecule is FC(F)(F)c1ccc(N2CC3(CNC3)C2)nc1. The lowest BCUT2D eigenvalue weighted by atomic mass is 9.74. The highest BCUT2D eigenvalue weighted by molar-refractivity contribution is 5.45. The molecular formula is C11H12F3N3. The van der Waals surface area contributed by atoms with Crippen molar-refractivity contribution in [2.24, 2.45) is 5.41 Å². The van der Waals surface area contributed by atoms with Gasteiger partial charge in [0, 0.05) is 37.8 Å². The van der Waals surface area contributed by atoms with Crippen molar-refractivity contribution in [3.63, 3.8) is 0 Å². The molecule has 2 aliphatic heterocycles. The first kappa shape index (κ1) is 10.8. The van der Waals surface area contributed by atoms with Gasteiger partial charge in [0.1, 0.15) is 5.82 Å². The average Bonchev–Trinajstić information content (AvgIpc) is 2.12. The smallest absolute Gasteiger partial charge is 0.355 e. The van der Waals surface area contributed by atoms with E-state index >= 15 is 0 Å². The molecule has 1 aromatic heterocycles. The molecule has 92 valence electrons.